The van der Waals surface area contributed by atoms with Crippen molar-refractivity contribution in [1.29, 1.82) is 0 Å². The third-order valence-corrected chi connectivity index (χ3v) is 11.1. The molecule has 53 heavy (non-hydrogen) atoms. The van der Waals surface area contributed by atoms with Crippen LogP contribution in [0.25, 0.3) is 98.5 Å². The van der Waals surface area contributed by atoms with Crippen molar-refractivity contribution in [3.05, 3.63) is 188 Å². The molecule has 10 aromatic rings. The Morgan fingerprint density at radius 3 is 1.62 bits per heavy atom. The standard InChI is InChI=1S/C49H31N3S/c1-3-14-32(15-4-1)33-26-28-35(29-27-33)47-50-48(38-20-13-19-36(30-38)40-22-10-9-21-39(40)34-16-5-2-6-17-34)52-49(51-47)46-41-23-8-7-18-37(41)31-44-45(46)42-24-11-12-25-43(42)53-44/h1-31H. The van der Waals surface area contributed by atoms with Gasteiger partial charge in [-0.15, -0.1) is 11.3 Å². The molecule has 248 valence electrons. The van der Waals surface area contributed by atoms with Crippen molar-refractivity contribution in [3.63, 3.8) is 0 Å². The summed E-state index contributed by atoms with van der Waals surface area (Å²) in [6.07, 6.45) is 0. The van der Waals surface area contributed by atoms with E-state index >= 15 is 0 Å². The minimum atomic E-state index is 0.636. The maximum absolute atomic E-state index is 5.35. The van der Waals surface area contributed by atoms with Gasteiger partial charge in [0.1, 0.15) is 0 Å². The second kappa shape index (κ2) is 13.1. The van der Waals surface area contributed by atoms with Crippen molar-refractivity contribution in [3.8, 4) is 67.5 Å². The molecular weight excluding hydrogens is 663 g/mol. The molecule has 3 nitrogen and oxygen atoms in total. The van der Waals surface area contributed by atoms with E-state index in [2.05, 4.69) is 182 Å². The minimum Gasteiger partial charge on any atom is -0.208 e. The van der Waals surface area contributed by atoms with Crippen LogP contribution in [0.5, 0.6) is 0 Å². The summed E-state index contributed by atoms with van der Waals surface area (Å²) >= 11 is 1.81. The van der Waals surface area contributed by atoms with Crippen LogP contribution in [-0.2, 0) is 0 Å². The first-order valence-corrected chi connectivity index (χ1v) is 18.6. The van der Waals surface area contributed by atoms with E-state index in [4.69, 9.17) is 15.0 Å². The van der Waals surface area contributed by atoms with Gasteiger partial charge in [-0.3, -0.25) is 0 Å². The average Bonchev–Trinajstić information content (AvgIpc) is 3.61. The zero-order valence-electron chi connectivity index (χ0n) is 28.6. The Balaban J connectivity index is 1.20. The van der Waals surface area contributed by atoms with Crippen LogP contribution in [0.15, 0.2) is 188 Å². The number of hydrogen-bond acceptors (Lipinski definition) is 4. The molecule has 0 saturated heterocycles. The lowest BCUT2D eigenvalue weighted by Crippen LogP contribution is -2.01. The molecule has 0 bridgehead atoms. The highest BCUT2D eigenvalue weighted by molar-refractivity contribution is 7.26. The van der Waals surface area contributed by atoms with Crippen molar-refractivity contribution >= 4 is 42.3 Å². The van der Waals surface area contributed by atoms with Crippen molar-refractivity contribution in [1.82, 2.24) is 15.0 Å². The summed E-state index contributed by atoms with van der Waals surface area (Å²) in [4.78, 5) is 15.9. The van der Waals surface area contributed by atoms with Crippen molar-refractivity contribution in [2.75, 3.05) is 0 Å². The van der Waals surface area contributed by atoms with Crippen molar-refractivity contribution in [2.24, 2.45) is 0 Å². The average molecular weight is 694 g/mol. The van der Waals surface area contributed by atoms with E-state index in [0.29, 0.717) is 17.5 Å². The molecule has 0 N–H and O–H groups in total. The van der Waals surface area contributed by atoms with Gasteiger partial charge in [-0.2, -0.15) is 0 Å². The highest BCUT2D eigenvalue weighted by Gasteiger charge is 2.20. The van der Waals surface area contributed by atoms with Crippen LogP contribution in [-0.4, -0.2) is 15.0 Å². The summed E-state index contributed by atoms with van der Waals surface area (Å²) in [5, 5.41) is 4.68. The van der Waals surface area contributed by atoms with E-state index in [-0.39, 0.29) is 0 Å². The summed E-state index contributed by atoms with van der Waals surface area (Å²) in [6.45, 7) is 0. The van der Waals surface area contributed by atoms with Gasteiger partial charge >= 0.3 is 0 Å². The fraction of sp³-hybridized carbons (Fsp3) is 0. The lowest BCUT2D eigenvalue weighted by molar-refractivity contribution is 1.08. The number of aromatic nitrogens is 3. The van der Waals surface area contributed by atoms with Gasteiger partial charge in [0, 0.05) is 36.9 Å². The second-order valence-corrected chi connectivity index (χ2v) is 14.3. The molecule has 0 aliphatic carbocycles. The Labute approximate surface area is 311 Å². The number of thiophene rings is 1. The summed E-state index contributed by atoms with van der Waals surface area (Å²) in [5.41, 5.74) is 9.85. The molecule has 8 aromatic carbocycles. The van der Waals surface area contributed by atoms with Crippen LogP contribution in [0.1, 0.15) is 0 Å². The molecule has 0 saturated carbocycles. The maximum Gasteiger partial charge on any atom is 0.165 e. The van der Waals surface area contributed by atoms with Crippen LogP contribution in [0, 0.1) is 0 Å². The highest BCUT2D eigenvalue weighted by Crippen LogP contribution is 2.44. The molecule has 0 aliphatic heterocycles. The van der Waals surface area contributed by atoms with Crippen molar-refractivity contribution in [2.45, 2.75) is 0 Å². The molecule has 0 spiro atoms. The van der Waals surface area contributed by atoms with Crippen LogP contribution >= 0.6 is 11.3 Å². The van der Waals surface area contributed by atoms with Gasteiger partial charge in [0.15, 0.2) is 17.5 Å². The van der Waals surface area contributed by atoms with Crippen LogP contribution < -0.4 is 0 Å². The quantitative estimate of drug-likeness (QED) is 0.174. The first-order valence-electron chi connectivity index (χ1n) is 17.8. The first kappa shape index (κ1) is 31.0. The van der Waals surface area contributed by atoms with Gasteiger partial charge in [0.25, 0.3) is 0 Å². The summed E-state index contributed by atoms with van der Waals surface area (Å²) in [5.74, 6) is 1.94. The molecule has 10 rings (SSSR count). The first-order chi connectivity index (χ1) is 26.3. The SMILES string of the molecule is c1ccc(-c2ccc(-c3nc(-c4cccc(-c5ccccc5-c5ccccc5)c4)nc(-c4c5ccccc5cc5sc6ccccc6c45)n3)cc2)cc1. The molecule has 2 aromatic heterocycles. The molecule has 0 aliphatic rings. The topological polar surface area (TPSA) is 38.7 Å². The van der Waals surface area contributed by atoms with Gasteiger partial charge in [0.2, 0.25) is 0 Å². The Morgan fingerprint density at radius 1 is 0.321 bits per heavy atom. The lowest BCUT2D eigenvalue weighted by atomic mass is 9.93. The number of benzene rings is 8. The van der Waals surface area contributed by atoms with E-state index in [1.54, 1.807) is 0 Å². The van der Waals surface area contributed by atoms with E-state index in [9.17, 15) is 0 Å². The van der Waals surface area contributed by atoms with E-state index in [1.165, 1.54) is 36.9 Å². The number of fused-ring (bicyclic) bond motifs is 4. The third-order valence-electron chi connectivity index (χ3n) is 9.94. The third kappa shape index (κ3) is 5.66. The smallest absolute Gasteiger partial charge is 0.165 e. The summed E-state index contributed by atoms with van der Waals surface area (Å²) in [7, 11) is 0. The summed E-state index contributed by atoms with van der Waals surface area (Å²) < 4.78 is 2.46. The van der Waals surface area contributed by atoms with E-state index in [0.717, 1.165) is 44.2 Å². The number of nitrogens with zero attached hydrogens (tertiary/aromatic N) is 3. The fourth-order valence-corrected chi connectivity index (χ4v) is 8.56. The second-order valence-electron chi connectivity index (χ2n) is 13.2. The van der Waals surface area contributed by atoms with Gasteiger partial charge in [-0.1, -0.05) is 170 Å². The van der Waals surface area contributed by atoms with Crippen LogP contribution in [0.4, 0.5) is 0 Å². The van der Waals surface area contributed by atoms with E-state index < -0.39 is 0 Å². The van der Waals surface area contributed by atoms with Crippen LogP contribution in [0.2, 0.25) is 0 Å². The molecule has 0 radical (unpaired) electrons. The van der Waals surface area contributed by atoms with Gasteiger partial charge < -0.3 is 0 Å². The summed E-state index contributed by atoms with van der Waals surface area (Å²) in [6, 6.07) is 66.2. The molecule has 2 heterocycles. The zero-order chi connectivity index (χ0) is 35.1. The molecule has 0 amide bonds. The molecule has 0 fully saturated rings. The Bertz CT molecular complexity index is 2930. The lowest BCUT2D eigenvalue weighted by Gasteiger charge is -2.14. The van der Waals surface area contributed by atoms with Crippen molar-refractivity contribution < 1.29 is 0 Å². The predicted molar refractivity (Wildman–Crippen MR) is 223 cm³/mol. The normalized spacial score (nSPS) is 11.4. The predicted octanol–water partition coefficient (Wildman–Crippen LogP) is 13.4. The molecular formula is C49H31N3S. The van der Waals surface area contributed by atoms with Gasteiger partial charge in [0.05, 0.1) is 0 Å². The molecule has 0 atom stereocenters. The maximum atomic E-state index is 5.35. The Hall–Kier alpha value is -6.75. The Morgan fingerprint density at radius 2 is 0.849 bits per heavy atom. The fourth-order valence-electron chi connectivity index (χ4n) is 7.40. The van der Waals surface area contributed by atoms with Crippen LogP contribution in [0.3, 0.4) is 0 Å². The van der Waals surface area contributed by atoms with Gasteiger partial charge in [-0.25, -0.2) is 15.0 Å². The Kier molecular flexibility index (Phi) is 7.67. The molecule has 0 unspecified atom stereocenters. The monoisotopic (exact) mass is 693 g/mol. The zero-order valence-corrected chi connectivity index (χ0v) is 29.5. The number of hydrogen-bond donors (Lipinski definition) is 0. The largest absolute Gasteiger partial charge is 0.208 e. The highest BCUT2D eigenvalue weighted by atomic mass is 32.1. The number of rotatable bonds is 6. The molecule has 4 heteroatoms. The van der Waals surface area contributed by atoms with E-state index in [1.807, 2.05) is 17.4 Å². The van der Waals surface area contributed by atoms with Gasteiger partial charge in [-0.05, 0) is 62.4 Å². The minimum absolute atomic E-state index is 0.636.